The standard InChI is InChI=1S/C12H15ClO3S.CH4S/c1-8-6-7-10(13)12(11(8)14)17(15,16)9-4-2-3-5-9;1-2/h6-7,9,14H,2-5H2,1H3;2H,1H3. The molecule has 0 aromatic heterocycles. The number of rotatable bonds is 2. The van der Waals surface area contributed by atoms with Gasteiger partial charge in [-0.05, 0) is 37.7 Å². The van der Waals surface area contributed by atoms with Crippen LogP contribution in [0, 0.1) is 6.92 Å². The summed E-state index contributed by atoms with van der Waals surface area (Å²) in [7, 11) is -3.50. The van der Waals surface area contributed by atoms with Crippen LogP contribution in [0.3, 0.4) is 0 Å². The van der Waals surface area contributed by atoms with Crippen LogP contribution in [0.5, 0.6) is 5.75 Å². The zero-order chi connectivity index (χ0) is 14.6. The fraction of sp³-hybridized carbons (Fsp3) is 0.538. The van der Waals surface area contributed by atoms with Crippen LogP contribution in [0.15, 0.2) is 17.0 Å². The van der Waals surface area contributed by atoms with Gasteiger partial charge in [-0.1, -0.05) is 30.5 Å². The first-order chi connectivity index (χ1) is 8.94. The third-order valence-corrected chi connectivity index (χ3v) is 6.07. The first kappa shape index (κ1) is 16.7. The maximum absolute atomic E-state index is 12.4. The third kappa shape index (κ3) is 3.38. The van der Waals surface area contributed by atoms with E-state index in [0.29, 0.717) is 18.4 Å². The van der Waals surface area contributed by atoms with Crippen molar-refractivity contribution in [1.82, 2.24) is 0 Å². The van der Waals surface area contributed by atoms with Crippen LogP contribution in [-0.4, -0.2) is 25.0 Å². The second-order valence-electron chi connectivity index (χ2n) is 4.49. The van der Waals surface area contributed by atoms with E-state index in [-0.39, 0.29) is 15.7 Å². The number of halogens is 1. The molecule has 0 spiro atoms. The zero-order valence-corrected chi connectivity index (χ0v) is 13.5. The van der Waals surface area contributed by atoms with Crippen LogP contribution in [0.2, 0.25) is 5.02 Å². The Bertz CT molecular complexity index is 535. The summed E-state index contributed by atoms with van der Waals surface area (Å²) in [5, 5.41) is 9.63. The normalized spacial score (nSPS) is 16.0. The number of thiol groups is 1. The summed E-state index contributed by atoms with van der Waals surface area (Å²) >= 11 is 9.45. The molecule has 1 aliphatic rings. The molecule has 0 radical (unpaired) electrons. The molecule has 1 aromatic carbocycles. The van der Waals surface area contributed by atoms with Crippen molar-refractivity contribution < 1.29 is 13.5 Å². The number of hydrogen-bond acceptors (Lipinski definition) is 4. The average molecular weight is 323 g/mol. The molecule has 2 rings (SSSR count). The summed E-state index contributed by atoms with van der Waals surface area (Å²) < 4.78 is 24.8. The fourth-order valence-electron chi connectivity index (χ4n) is 2.28. The number of phenols is 1. The van der Waals surface area contributed by atoms with Gasteiger partial charge in [0.05, 0.1) is 10.3 Å². The third-order valence-electron chi connectivity index (χ3n) is 3.31. The molecule has 1 saturated carbocycles. The van der Waals surface area contributed by atoms with Gasteiger partial charge in [0.15, 0.2) is 9.84 Å². The van der Waals surface area contributed by atoms with Crippen molar-refractivity contribution in [3.05, 3.63) is 22.7 Å². The van der Waals surface area contributed by atoms with Crippen LogP contribution >= 0.6 is 24.2 Å². The minimum Gasteiger partial charge on any atom is -0.506 e. The first-order valence-electron chi connectivity index (χ1n) is 6.11. The van der Waals surface area contributed by atoms with Crippen molar-refractivity contribution in [1.29, 1.82) is 0 Å². The summed E-state index contributed by atoms with van der Waals surface area (Å²) in [5.74, 6) is -0.204. The molecule has 1 fully saturated rings. The molecule has 0 unspecified atom stereocenters. The molecule has 0 aliphatic heterocycles. The second-order valence-corrected chi connectivity index (χ2v) is 7.07. The van der Waals surface area contributed by atoms with Gasteiger partial charge in [-0.15, -0.1) is 0 Å². The molecule has 0 amide bonds. The molecule has 6 heteroatoms. The maximum atomic E-state index is 12.4. The highest BCUT2D eigenvalue weighted by Crippen LogP contribution is 2.39. The number of phenolic OH excluding ortho intramolecular Hbond substituents is 1. The summed E-state index contributed by atoms with van der Waals surface area (Å²) in [5.41, 5.74) is 0.533. The van der Waals surface area contributed by atoms with Crippen molar-refractivity contribution in [2.75, 3.05) is 6.26 Å². The van der Waals surface area contributed by atoms with E-state index in [2.05, 4.69) is 12.6 Å². The Morgan fingerprint density at radius 3 is 2.32 bits per heavy atom. The Morgan fingerprint density at radius 1 is 1.26 bits per heavy atom. The predicted octanol–water partition coefficient (Wildman–Crippen LogP) is 3.62. The lowest BCUT2D eigenvalue weighted by atomic mass is 10.2. The minimum atomic E-state index is -3.50. The van der Waals surface area contributed by atoms with Crippen LogP contribution in [0.1, 0.15) is 31.2 Å². The van der Waals surface area contributed by atoms with E-state index in [1.165, 1.54) is 6.07 Å². The lowest BCUT2D eigenvalue weighted by molar-refractivity contribution is 0.453. The Balaban J connectivity index is 0.000000861. The van der Waals surface area contributed by atoms with Gasteiger partial charge in [0.1, 0.15) is 10.6 Å². The summed E-state index contributed by atoms with van der Waals surface area (Å²) in [6.07, 6.45) is 4.86. The maximum Gasteiger partial charge on any atom is 0.186 e. The molecule has 1 N–H and O–H groups in total. The van der Waals surface area contributed by atoms with E-state index in [1.54, 1.807) is 19.2 Å². The van der Waals surface area contributed by atoms with Gasteiger partial charge in [-0.3, -0.25) is 0 Å². The van der Waals surface area contributed by atoms with Crippen molar-refractivity contribution in [3.63, 3.8) is 0 Å². The van der Waals surface area contributed by atoms with Gasteiger partial charge >= 0.3 is 0 Å². The molecular formula is C13H19ClO3S2. The Hall–Kier alpha value is -0.390. The van der Waals surface area contributed by atoms with Gasteiger partial charge in [0.25, 0.3) is 0 Å². The van der Waals surface area contributed by atoms with Crippen molar-refractivity contribution in [2.45, 2.75) is 42.8 Å². The van der Waals surface area contributed by atoms with Crippen LogP contribution in [0.4, 0.5) is 0 Å². The average Bonchev–Trinajstić information content (AvgIpc) is 2.91. The Kier molecular flexibility index (Phi) is 6.02. The molecule has 0 saturated heterocycles. The molecule has 0 heterocycles. The molecular weight excluding hydrogens is 304 g/mol. The molecule has 3 nitrogen and oxygen atoms in total. The number of sulfone groups is 1. The van der Waals surface area contributed by atoms with Gasteiger partial charge in [-0.25, -0.2) is 8.42 Å². The Labute approximate surface area is 125 Å². The molecule has 108 valence electrons. The topological polar surface area (TPSA) is 54.4 Å². The molecule has 1 aliphatic carbocycles. The summed E-state index contributed by atoms with van der Waals surface area (Å²) in [6.45, 7) is 1.67. The largest absolute Gasteiger partial charge is 0.506 e. The highest BCUT2D eigenvalue weighted by molar-refractivity contribution is 7.92. The first-order valence-corrected chi connectivity index (χ1v) is 8.93. The number of aryl methyl sites for hydroxylation is 1. The van der Waals surface area contributed by atoms with E-state index in [1.807, 2.05) is 0 Å². The molecule has 0 bridgehead atoms. The lowest BCUT2D eigenvalue weighted by Gasteiger charge is -2.15. The smallest absolute Gasteiger partial charge is 0.186 e. The van der Waals surface area contributed by atoms with Gasteiger partial charge in [-0.2, -0.15) is 12.6 Å². The number of hydrogen-bond donors (Lipinski definition) is 2. The number of aromatic hydroxyl groups is 1. The van der Waals surface area contributed by atoms with E-state index in [0.717, 1.165) is 12.8 Å². The highest BCUT2D eigenvalue weighted by atomic mass is 35.5. The molecule has 0 atom stereocenters. The quantitative estimate of drug-likeness (QED) is 0.818. The lowest BCUT2D eigenvalue weighted by Crippen LogP contribution is -2.18. The molecule has 19 heavy (non-hydrogen) atoms. The minimum absolute atomic E-state index is 0.0916. The summed E-state index contributed by atoms with van der Waals surface area (Å²) in [4.78, 5) is -0.0916. The molecule has 1 aromatic rings. The van der Waals surface area contributed by atoms with Gasteiger partial charge < -0.3 is 5.11 Å². The van der Waals surface area contributed by atoms with Crippen molar-refractivity contribution in [3.8, 4) is 5.75 Å². The van der Waals surface area contributed by atoms with E-state index < -0.39 is 15.1 Å². The van der Waals surface area contributed by atoms with Crippen molar-refractivity contribution >= 4 is 34.1 Å². The van der Waals surface area contributed by atoms with Gasteiger partial charge in [0.2, 0.25) is 0 Å². The fourth-order valence-corrected chi connectivity index (χ4v) is 4.81. The zero-order valence-electron chi connectivity index (χ0n) is 11.1. The van der Waals surface area contributed by atoms with E-state index >= 15 is 0 Å². The van der Waals surface area contributed by atoms with Gasteiger partial charge in [0, 0.05) is 0 Å². The summed E-state index contributed by atoms with van der Waals surface area (Å²) in [6, 6.07) is 3.14. The SMILES string of the molecule is CS.Cc1ccc(Cl)c(S(=O)(=O)C2CCCC2)c1O. The van der Waals surface area contributed by atoms with Crippen LogP contribution in [0.25, 0.3) is 0 Å². The van der Waals surface area contributed by atoms with Crippen LogP contribution < -0.4 is 0 Å². The predicted molar refractivity (Wildman–Crippen MR) is 82.2 cm³/mol. The van der Waals surface area contributed by atoms with Crippen molar-refractivity contribution in [2.24, 2.45) is 0 Å². The highest BCUT2D eigenvalue weighted by Gasteiger charge is 2.34. The Morgan fingerprint density at radius 2 is 1.79 bits per heavy atom. The monoisotopic (exact) mass is 322 g/mol. The van der Waals surface area contributed by atoms with E-state index in [9.17, 15) is 13.5 Å². The van der Waals surface area contributed by atoms with E-state index in [4.69, 9.17) is 11.6 Å². The second kappa shape index (κ2) is 6.86. The van der Waals surface area contributed by atoms with Crippen LogP contribution in [-0.2, 0) is 9.84 Å². The number of benzene rings is 1.